The number of primary amides is 1. The number of thiol groups is 1. The van der Waals surface area contributed by atoms with Gasteiger partial charge in [-0.1, -0.05) is 0 Å². The summed E-state index contributed by atoms with van der Waals surface area (Å²) in [4.78, 5) is 171. The van der Waals surface area contributed by atoms with Crippen LogP contribution in [0.25, 0.3) is 0 Å². The van der Waals surface area contributed by atoms with Gasteiger partial charge in [-0.15, -0.1) is 0 Å². The Kier molecular flexibility index (Phi) is 26.4. The zero-order valence-corrected chi connectivity index (χ0v) is 42.8. The van der Waals surface area contributed by atoms with Crippen molar-refractivity contribution in [3.05, 3.63) is 36.4 Å². The summed E-state index contributed by atoms with van der Waals surface area (Å²) in [7, 11) is 0. The minimum Gasteiger partial charge on any atom is -0.481 e. The predicted molar refractivity (Wildman–Crippen MR) is 268 cm³/mol. The van der Waals surface area contributed by atoms with Crippen molar-refractivity contribution in [1.82, 2.24) is 67.4 Å². The number of aliphatic carboxylic acids is 2. The first kappa shape index (κ1) is 63.5. The van der Waals surface area contributed by atoms with E-state index in [-0.39, 0.29) is 50.9 Å². The number of H-pyrrole nitrogens is 2. The topological polar surface area (TPSA) is 521 Å². The van der Waals surface area contributed by atoms with Gasteiger partial charge in [0.2, 0.25) is 59.1 Å². The van der Waals surface area contributed by atoms with E-state index in [0.29, 0.717) is 18.5 Å². The molecule has 0 saturated carbocycles. The van der Waals surface area contributed by atoms with Gasteiger partial charge in [0, 0.05) is 44.0 Å². The SMILES string of the molecule is C[C@H](NC(=O)[C@H](Cc1c[nH]cn1)NC(=O)[C@H](CCC(N)=O)NC(=O)[C@H](CCCCN)NC(=O)[C@H](CO)NC(=O)[C@H](CS)NC(=O)[C@H](CO)NC(=O)[C@@H]1CCCN1C(=O)[C@H](Cc1c[nH]cn1)NC(=O)[C@@H](N)CC(=O)O)C(=O)O. The lowest BCUT2D eigenvalue weighted by atomic mass is 10.0. The third-order valence-corrected chi connectivity index (χ3v) is 12.2. The van der Waals surface area contributed by atoms with Gasteiger partial charge in [0.05, 0.1) is 49.7 Å². The smallest absolute Gasteiger partial charge is 0.325 e. The Morgan fingerprint density at radius 2 is 1.16 bits per heavy atom. The van der Waals surface area contributed by atoms with Crippen molar-refractivity contribution in [2.75, 3.05) is 32.1 Å². The standard InChI is InChI=1S/C44H68N16O16S/c1-21(44(75)76)52-38(69)27(11-22-14-48-19-50-22)55-37(68)26(7-8-33(47)63)54-36(67)25(5-2-3-9-45)53-39(70)29(16-61)57-41(72)31(18-77)59-40(71)30(17-62)58-42(73)32-6-4-10-60(32)43(74)28(12-23-15-49-20-51-23)56-35(66)24(46)13-34(64)65/h14-15,19-21,24-32,61-62,77H,2-13,16-18,45-46H2,1H3,(H2,47,63)(H,48,50)(H,49,51)(H,52,69)(H,53,70)(H,54,67)(H,55,68)(H,56,66)(H,57,72)(H,58,73)(H,59,71)(H,64,65)(H,75,76)/t21-,24-,25-,26-,27-,28-,29-,30-,31-,32-/m0/s1. The molecule has 32 nitrogen and oxygen atoms in total. The molecule has 0 spiro atoms. The second kappa shape index (κ2) is 32.0. The third-order valence-electron chi connectivity index (χ3n) is 11.8. The van der Waals surface area contributed by atoms with Crippen molar-refractivity contribution in [1.29, 1.82) is 0 Å². The summed E-state index contributed by atoms with van der Waals surface area (Å²) >= 11 is 4.11. The maximum absolute atomic E-state index is 13.9. The van der Waals surface area contributed by atoms with Crippen LogP contribution >= 0.6 is 12.6 Å². The number of imidazole rings is 2. The number of aliphatic hydroxyl groups is 2. The van der Waals surface area contributed by atoms with Crippen LogP contribution < -0.4 is 59.7 Å². The Bertz CT molecular complexity index is 2360. The van der Waals surface area contributed by atoms with E-state index < -0.39 is 170 Å². The lowest BCUT2D eigenvalue weighted by Gasteiger charge is -2.30. The Labute approximate surface area is 445 Å². The number of aliphatic hydroxyl groups excluding tert-OH is 2. The van der Waals surface area contributed by atoms with E-state index in [1.165, 1.54) is 32.0 Å². The lowest BCUT2D eigenvalue weighted by Crippen LogP contribution is -2.61. The molecule has 0 unspecified atom stereocenters. The van der Waals surface area contributed by atoms with Crippen LogP contribution in [-0.4, -0.2) is 209 Å². The van der Waals surface area contributed by atoms with Crippen molar-refractivity contribution in [2.45, 2.75) is 132 Å². The molecule has 0 bridgehead atoms. The molecule has 0 radical (unpaired) electrons. The molecule has 10 atom stereocenters. The maximum atomic E-state index is 13.9. The Morgan fingerprint density at radius 3 is 1.66 bits per heavy atom. The molecule has 2 aromatic heterocycles. The van der Waals surface area contributed by atoms with Gasteiger partial charge in [0.25, 0.3) is 0 Å². The van der Waals surface area contributed by atoms with E-state index in [9.17, 15) is 72.9 Å². The molecular weight excluding hydrogens is 1040 g/mol. The average molecular weight is 1110 g/mol. The number of nitrogens with one attached hydrogen (secondary N) is 10. The average Bonchev–Trinajstić information content (AvgIpc) is 4.21. The fraction of sp³-hybridized carbons (Fsp3) is 0.591. The molecule has 20 N–H and O–H groups in total. The highest BCUT2D eigenvalue weighted by atomic mass is 32.1. The van der Waals surface area contributed by atoms with Crippen LogP contribution in [0.4, 0.5) is 0 Å². The van der Waals surface area contributed by atoms with Crippen molar-refractivity contribution in [3.63, 3.8) is 0 Å². The van der Waals surface area contributed by atoms with Gasteiger partial charge in [-0.3, -0.25) is 57.5 Å². The molecule has 1 fully saturated rings. The monoisotopic (exact) mass is 1110 g/mol. The van der Waals surface area contributed by atoms with Crippen molar-refractivity contribution >= 4 is 83.6 Å². The normalized spacial score (nSPS) is 16.5. The molecule has 3 rings (SSSR count). The van der Waals surface area contributed by atoms with Crippen molar-refractivity contribution in [3.8, 4) is 0 Å². The van der Waals surface area contributed by atoms with E-state index in [0.717, 1.165) is 4.90 Å². The van der Waals surface area contributed by atoms with Gasteiger partial charge in [-0.2, -0.15) is 12.6 Å². The number of aromatic nitrogens is 4. The number of nitrogens with two attached hydrogens (primary N) is 3. The van der Waals surface area contributed by atoms with Crippen LogP contribution in [0.5, 0.6) is 0 Å². The minimum atomic E-state index is -1.80. The summed E-state index contributed by atoms with van der Waals surface area (Å²) in [6, 6.07) is -15.2. The van der Waals surface area contributed by atoms with Crippen molar-refractivity contribution in [2.24, 2.45) is 17.2 Å². The number of carboxylic acid groups (broad SMARTS) is 2. The number of carbonyl (C=O) groups excluding carboxylic acids is 10. The molecule has 77 heavy (non-hydrogen) atoms. The van der Waals surface area contributed by atoms with E-state index in [4.69, 9.17) is 22.3 Å². The molecule has 2 aromatic rings. The number of rotatable bonds is 34. The fourth-order valence-corrected chi connectivity index (χ4v) is 7.86. The summed E-state index contributed by atoms with van der Waals surface area (Å²) < 4.78 is 0. The number of carbonyl (C=O) groups is 12. The molecular formula is C44H68N16O16S. The number of aromatic amines is 2. The zero-order valence-electron chi connectivity index (χ0n) is 41.9. The first-order valence-electron chi connectivity index (χ1n) is 24.2. The highest BCUT2D eigenvalue weighted by molar-refractivity contribution is 7.80. The molecule has 1 saturated heterocycles. The summed E-state index contributed by atoms with van der Waals surface area (Å²) in [6.07, 6.45) is 4.27. The molecule has 0 aromatic carbocycles. The second-order valence-corrected chi connectivity index (χ2v) is 18.1. The Hall–Kier alpha value is -7.75. The van der Waals surface area contributed by atoms with Gasteiger partial charge < -0.3 is 95.0 Å². The number of carboxylic acids is 2. The van der Waals surface area contributed by atoms with E-state index in [1.54, 1.807) is 0 Å². The fourth-order valence-electron chi connectivity index (χ4n) is 7.60. The van der Waals surface area contributed by atoms with Gasteiger partial charge in [-0.05, 0) is 52.0 Å². The number of hydrogen-bond acceptors (Lipinski definition) is 19. The number of hydrogen-bond donors (Lipinski definition) is 18. The quantitative estimate of drug-likeness (QED) is 0.0229. The van der Waals surface area contributed by atoms with E-state index in [1.807, 2.05) is 0 Å². The first-order valence-corrected chi connectivity index (χ1v) is 24.9. The lowest BCUT2D eigenvalue weighted by molar-refractivity contribution is -0.143. The Morgan fingerprint density at radius 1 is 0.675 bits per heavy atom. The van der Waals surface area contributed by atoms with Gasteiger partial charge >= 0.3 is 11.9 Å². The summed E-state index contributed by atoms with van der Waals surface area (Å²) in [5.74, 6) is -13.0. The zero-order chi connectivity index (χ0) is 57.4. The van der Waals surface area contributed by atoms with Crippen LogP contribution in [0.3, 0.4) is 0 Å². The number of likely N-dealkylation sites (tertiary alicyclic amines) is 1. The van der Waals surface area contributed by atoms with Gasteiger partial charge in [-0.25, -0.2) is 9.97 Å². The van der Waals surface area contributed by atoms with Crippen LogP contribution in [0.2, 0.25) is 0 Å². The first-order chi connectivity index (χ1) is 36.5. The van der Waals surface area contributed by atoms with Crippen LogP contribution in [0.15, 0.2) is 25.0 Å². The molecule has 426 valence electrons. The molecule has 0 aliphatic carbocycles. The van der Waals surface area contributed by atoms with Crippen molar-refractivity contribution < 1.29 is 78.0 Å². The molecule has 1 aliphatic rings. The summed E-state index contributed by atoms with van der Waals surface area (Å²) in [5.41, 5.74) is 17.3. The van der Waals surface area contributed by atoms with Crippen LogP contribution in [0, 0.1) is 0 Å². The number of nitrogens with zero attached hydrogens (tertiary/aromatic N) is 3. The van der Waals surface area contributed by atoms with Gasteiger partial charge in [0.15, 0.2) is 0 Å². The third kappa shape index (κ3) is 20.7. The molecule has 33 heteroatoms. The maximum Gasteiger partial charge on any atom is 0.325 e. The largest absolute Gasteiger partial charge is 0.481 e. The highest BCUT2D eigenvalue weighted by Crippen LogP contribution is 2.20. The molecule has 1 aliphatic heterocycles. The van der Waals surface area contributed by atoms with Crippen LogP contribution in [-0.2, 0) is 70.4 Å². The highest BCUT2D eigenvalue weighted by Gasteiger charge is 2.40. The minimum absolute atomic E-state index is 0.0178. The number of amides is 10. The number of unbranched alkanes of at least 4 members (excludes halogenated alkanes) is 1. The predicted octanol–water partition coefficient (Wildman–Crippen LogP) is -8.00. The second-order valence-electron chi connectivity index (χ2n) is 17.8. The molecule has 10 amide bonds. The van der Waals surface area contributed by atoms with Crippen LogP contribution in [0.1, 0.15) is 69.7 Å². The summed E-state index contributed by atoms with van der Waals surface area (Å²) in [6.45, 7) is -0.721. The summed E-state index contributed by atoms with van der Waals surface area (Å²) in [5, 5.41) is 57.7. The van der Waals surface area contributed by atoms with Gasteiger partial charge in [0.1, 0.15) is 54.4 Å². The van der Waals surface area contributed by atoms with E-state index >= 15 is 0 Å². The Balaban J connectivity index is 1.73. The molecule has 3 heterocycles. The van der Waals surface area contributed by atoms with E-state index in [2.05, 4.69) is 75.1 Å².